The van der Waals surface area contributed by atoms with Gasteiger partial charge in [0.15, 0.2) is 5.17 Å². The van der Waals surface area contributed by atoms with Crippen LogP contribution >= 0.6 is 11.8 Å². The van der Waals surface area contributed by atoms with Crippen LogP contribution in [0.15, 0.2) is 4.99 Å². The first kappa shape index (κ1) is 12.4. The van der Waals surface area contributed by atoms with Gasteiger partial charge in [0.05, 0.1) is 6.54 Å². The van der Waals surface area contributed by atoms with Crippen molar-refractivity contribution in [2.24, 2.45) is 4.99 Å². The molecule has 1 aliphatic rings. The normalized spacial score (nSPS) is 19.9. The number of nitrogens with one attached hydrogen (secondary N) is 2. The van der Waals surface area contributed by atoms with Gasteiger partial charge < -0.3 is 10.6 Å². The SMILES string of the molecule is CCCNC(=O)CCNC1=NCC(C)S1. The topological polar surface area (TPSA) is 53.5 Å². The van der Waals surface area contributed by atoms with Crippen molar-refractivity contribution >= 4 is 22.8 Å². The van der Waals surface area contributed by atoms with E-state index in [0.717, 1.165) is 24.7 Å². The van der Waals surface area contributed by atoms with Crippen LogP contribution in [0.2, 0.25) is 0 Å². The molecular weight excluding hydrogens is 210 g/mol. The number of hydrogen-bond acceptors (Lipinski definition) is 4. The summed E-state index contributed by atoms with van der Waals surface area (Å²) in [5.41, 5.74) is 0. The summed E-state index contributed by atoms with van der Waals surface area (Å²) < 4.78 is 0. The third-order valence-electron chi connectivity index (χ3n) is 2.01. The highest BCUT2D eigenvalue weighted by Gasteiger charge is 2.14. The maximum Gasteiger partial charge on any atom is 0.221 e. The minimum atomic E-state index is 0.112. The third-order valence-corrected chi connectivity index (χ3v) is 3.05. The molecule has 0 spiro atoms. The molecule has 0 bridgehead atoms. The van der Waals surface area contributed by atoms with E-state index in [4.69, 9.17) is 0 Å². The van der Waals surface area contributed by atoms with E-state index in [1.807, 2.05) is 6.92 Å². The van der Waals surface area contributed by atoms with Crippen LogP contribution in [0.4, 0.5) is 0 Å². The summed E-state index contributed by atoms with van der Waals surface area (Å²) in [6, 6.07) is 0. The van der Waals surface area contributed by atoms with Gasteiger partial charge in [-0.3, -0.25) is 9.79 Å². The quantitative estimate of drug-likeness (QED) is 0.739. The first-order chi connectivity index (χ1) is 7.22. The van der Waals surface area contributed by atoms with Gasteiger partial charge in [0.25, 0.3) is 0 Å². The van der Waals surface area contributed by atoms with Gasteiger partial charge in [0.2, 0.25) is 5.91 Å². The van der Waals surface area contributed by atoms with Crippen molar-refractivity contribution < 1.29 is 4.79 Å². The third kappa shape index (κ3) is 5.06. The molecule has 1 unspecified atom stereocenters. The lowest BCUT2D eigenvalue weighted by atomic mass is 10.4. The van der Waals surface area contributed by atoms with E-state index in [9.17, 15) is 4.79 Å². The summed E-state index contributed by atoms with van der Waals surface area (Å²) in [5.74, 6) is 0.112. The molecule has 0 aromatic rings. The van der Waals surface area contributed by atoms with Gasteiger partial charge in [-0.2, -0.15) is 0 Å². The molecule has 86 valence electrons. The Labute approximate surface area is 95.3 Å². The second-order valence-corrected chi connectivity index (χ2v) is 5.03. The largest absolute Gasteiger partial charge is 0.364 e. The highest BCUT2D eigenvalue weighted by Crippen LogP contribution is 2.18. The Bertz CT molecular complexity index is 243. The van der Waals surface area contributed by atoms with Gasteiger partial charge in [-0.15, -0.1) is 0 Å². The summed E-state index contributed by atoms with van der Waals surface area (Å²) in [5, 5.41) is 7.56. The zero-order valence-electron chi connectivity index (χ0n) is 9.38. The highest BCUT2D eigenvalue weighted by molar-refractivity contribution is 8.14. The molecule has 0 aromatic heterocycles. The molecule has 5 heteroatoms. The minimum absolute atomic E-state index is 0.112. The summed E-state index contributed by atoms with van der Waals surface area (Å²) in [7, 11) is 0. The standard InChI is InChI=1S/C10H19N3OS/c1-3-5-11-9(14)4-6-12-10-13-7-8(2)15-10/h8H,3-7H2,1-2H3,(H,11,14)(H,12,13). The Balaban J connectivity index is 2.03. The molecule has 0 saturated carbocycles. The number of carbonyl (C=O) groups excluding carboxylic acids is 1. The average Bonchev–Trinajstić information content (AvgIpc) is 2.61. The Morgan fingerprint density at radius 1 is 1.60 bits per heavy atom. The number of carbonyl (C=O) groups is 1. The minimum Gasteiger partial charge on any atom is -0.364 e. The monoisotopic (exact) mass is 229 g/mol. The van der Waals surface area contributed by atoms with Crippen molar-refractivity contribution in [2.45, 2.75) is 31.9 Å². The molecule has 2 N–H and O–H groups in total. The van der Waals surface area contributed by atoms with E-state index in [2.05, 4.69) is 22.5 Å². The van der Waals surface area contributed by atoms with Gasteiger partial charge >= 0.3 is 0 Å². The molecule has 0 aromatic carbocycles. The fourth-order valence-electron chi connectivity index (χ4n) is 1.21. The first-order valence-electron chi connectivity index (χ1n) is 5.44. The fraction of sp³-hybridized carbons (Fsp3) is 0.800. The van der Waals surface area contributed by atoms with Gasteiger partial charge in [0.1, 0.15) is 0 Å². The molecule has 1 atom stereocenters. The second-order valence-electron chi connectivity index (χ2n) is 3.60. The molecule has 1 rings (SSSR count). The molecule has 4 nitrogen and oxygen atoms in total. The Morgan fingerprint density at radius 3 is 3.00 bits per heavy atom. The fourth-order valence-corrected chi connectivity index (χ4v) is 2.07. The summed E-state index contributed by atoms with van der Waals surface area (Å²) in [6.45, 7) is 6.52. The summed E-state index contributed by atoms with van der Waals surface area (Å²) in [6.07, 6.45) is 1.51. The number of rotatable bonds is 5. The van der Waals surface area contributed by atoms with Crippen molar-refractivity contribution in [3.63, 3.8) is 0 Å². The van der Waals surface area contributed by atoms with Crippen LogP contribution in [-0.4, -0.2) is 36.0 Å². The second kappa shape index (κ2) is 6.71. The predicted octanol–water partition coefficient (Wildman–Crippen LogP) is 0.984. The lowest BCUT2D eigenvalue weighted by Gasteiger charge is -2.06. The van der Waals surface area contributed by atoms with Crippen LogP contribution in [0, 0.1) is 0 Å². The van der Waals surface area contributed by atoms with Crippen LogP contribution in [0.3, 0.4) is 0 Å². The molecule has 0 aliphatic carbocycles. The summed E-state index contributed by atoms with van der Waals surface area (Å²) >= 11 is 1.74. The molecule has 1 amide bonds. The summed E-state index contributed by atoms with van der Waals surface area (Å²) in [4.78, 5) is 15.6. The molecular formula is C10H19N3OS. The molecule has 0 fully saturated rings. The van der Waals surface area contributed by atoms with Crippen LogP contribution in [-0.2, 0) is 4.79 Å². The molecule has 1 aliphatic heterocycles. The average molecular weight is 229 g/mol. The Hall–Kier alpha value is -0.710. The van der Waals surface area contributed by atoms with Gasteiger partial charge in [-0.1, -0.05) is 25.6 Å². The van der Waals surface area contributed by atoms with Crippen LogP contribution < -0.4 is 10.6 Å². The van der Waals surface area contributed by atoms with Crippen LogP contribution in [0.5, 0.6) is 0 Å². The van der Waals surface area contributed by atoms with E-state index >= 15 is 0 Å². The van der Waals surface area contributed by atoms with Crippen molar-refractivity contribution in [1.82, 2.24) is 10.6 Å². The number of thioether (sulfide) groups is 1. The Morgan fingerprint density at radius 2 is 2.40 bits per heavy atom. The van der Waals surface area contributed by atoms with Crippen LogP contribution in [0.25, 0.3) is 0 Å². The van der Waals surface area contributed by atoms with E-state index < -0.39 is 0 Å². The molecule has 0 radical (unpaired) electrons. The van der Waals surface area contributed by atoms with E-state index in [-0.39, 0.29) is 5.91 Å². The molecule has 1 heterocycles. The zero-order chi connectivity index (χ0) is 11.1. The highest BCUT2D eigenvalue weighted by atomic mass is 32.2. The predicted molar refractivity (Wildman–Crippen MR) is 65.3 cm³/mol. The van der Waals surface area contributed by atoms with E-state index in [1.54, 1.807) is 11.8 Å². The van der Waals surface area contributed by atoms with Gasteiger partial charge in [-0.25, -0.2) is 0 Å². The number of amides is 1. The molecule has 15 heavy (non-hydrogen) atoms. The molecule has 0 saturated heterocycles. The van der Waals surface area contributed by atoms with E-state index in [1.165, 1.54) is 0 Å². The number of aliphatic imine (C=N–C) groups is 1. The Kier molecular flexibility index (Phi) is 5.53. The zero-order valence-corrected chi connectivity index (χ0v) is 10.2. The maximum atomic E-state index is 11.2. The lowest BCUT2D eigenvalue weighted by molar-refractivity contribution is -0.120. The van der Waals surface area contributed by atoms with Crippen molar-refractivity contribution in [2.75, 3.05) is 19.6 Å². The van der Waals surface area contributed by atoms with Crippen molar-refractivity contribution in [3.8, 4) is 0 Å². The maximum absolute atomic E-state index is 11.2. The van der Waals surface area contributed by atoms with Crippen LogP contribution in [0.1, 0.15) is 26.7 Å². The van der Waals surface area contributed by atoms with Crippen molar-refractivity contribution in [3.05, 3.63) is 0 Å². The van der Waals surface area contributed by atoms with Crippen molar-refractivity contribution in [1.29, 1.82) is 0 Å². The number of hydrogen-bond donors (Lipinski definition) is 2. The van der Waals surface area contributed by atoms with Gasteiger partial charge in [0, 0.05) is 24.8 Å². The number of nitrogens with zero attached hydrogens (tertiary/aromatic N) is 1. The van der Waals surface area contributed by atoms with Gasteiger partial charge in [-0.05, 0) is 6.42 Å². The lowest BCUT2D eigenvalue weighted by Crippen LogP contribution is -2.29. The van der Waals surface area contributed by atoms with E-state index in [0.29, 0.717) is 18.2 Å². The smallest absolute Gasteiger partial charge is 0.221 e. The number of amidine groups is 1. The first-order valence-corrected chi connectivity index (χ1v) is 6.32.